The zero-order valence-electron chi connectivity index (χ0n) is 18.9. The summed E-state index contributed by atoms with van der Waals surface area (Å²) in [5.41, 5.74) is 6.16. The second kappa shape index (κ2) is 8.47. The Balaban J connectivity index is 1.62. The van der Waals surface area contributed by atoms with Gasteiger partial charge in [0.15, 0.2) is 0 Å². The first kappa shape index (κ1) is 20.8. The van der Waals surface area contributed by atoms with E-state index in [1.54, 1.807) is 0 Å². The van der Waals surface area contributed by atoms with Crippen molar-refractivity contribution in [3.8, 4) is 5.75 Å². The van der Waals surface area contributed by atoms with Crippen molar-refractivity contribution in [2.75, 3.05) is 17.2 Å². The number of aryl methyl sites for hydroxylation is 1. The number of allylic oxidation sites excluding steroid dienone is 1. The minimum absolute atomic E-state index is 0.147. The van der Waals surface area contributed by atoms with Crippen molar-refractivity contribution in [2.45, 2.75) is 26.8 Å². The number of imidazole rings is 1. The number of fused-ring (bicyclic) bond motifs is 3. The molecule has 0 radical (unpaired) electrons. The van der Waals surface area contributed by atoms with E-state index in [1.165, 1.54) is 0 Å². The average molecular weight is 439 g/mol. The van der Waals surface area contributed by atoms with Gasteiger partial charge in [-0.05, 0) is 62.7 Å². The number of hydrogen-bond donors (Lipinski definition) is 2. The van der Waals surface area contributed by atoms with Crippen LogP contribution in [-0.4, -0.2) is 22.1 Å². The molecule has 1 aliphatic rings. The van der Waals surface area contributed by atoms with Crippen LogP contribution in [0, 0.1) is 6.92 Å². The molecule has 0 unspecified atom stereocenters. The van der Waals surface area contributed by atoms with Crippen LogP contribution in [-0.2, 0) is 4.79 Å². The Kier molecular flexibility index (Phi) is 5.34. The fourth-order valence-electron chi connectivity index (χ4n) is 4.32. The lowest BCUT2D eigenvalue weighted by Gasteiger charge is -2.30. The second-order valence-corrected chi connectivity index (χ2v) is 8.18. The van der Waals surface area contributed by atoms with Gasteiger partial charge in [0.2, 0.25) is 5.95 Å². The number of nitrogens with zero attached hydrogens (tertiary/aromatic N) is 2. The maximum absolute atomic E-state index is 13.6. The van der Waals surface area contributed by atoms with Crippen molar-refractivity contribution in [2.24, 2.45) is 0 Å². The monoisotopic (exact) mass is 438 g/mol. The van der Waals surface area contributed by atoms with Gasteiger partial charge in [-0.1, -0.05) is 42.0 Å². The predicted octanol–water partition coefficient (Wildman–Crippen LogP) is 5.67. The molecule has 1 aliphatic heterocycles. The largest absolute Gasteiger partial charge is 0.494 e. The highest BCUT2D eigenvalue weighted by atomic mass is 16.5. The van der Waals surface area contributed by atoms with Gasteiger partial charge in [-0.25, -0.2) is 4.98 Å². The minimum atomic E-state index is -0.338. The standard InChI is InChI=1S/C27H26N4O2/c1-4-33-21-15-11-19(12-16-21)25-24(26(32)29-20-13-9-17(2)10-14-20)18(3)28-27-30-22-7-5-6-8-23(22)31(25)27/h5-16,25H,4H2,1-3H3,(H,28,30)(H,29,32)/t25-/m0/s1. The molecule has 3 aromatic carbocycles. The summed E-state index contributed by atoms with van der Waals surface area (Å²) in [4.78, 5) is 18.4. The zero-order valence-corrected chi connectivity index (χ0v) is 18.9. The molecule has 4 aromatic rings. The van der Waals surface area contributed by atoms with Crippen LogP contribution >= 0.6 is 0 Å². The summed E-state index contributed by atoms with van der Waals surface area (Å²) in [6, 6.07) is 23.4. The number of rotatable bonds is 5. The summed E-state index contributed by atoms with van der Waals surface area (Å²) >= 11 is 0. The molecule has 2 N–H and O–H groups in total. The zero-order chi connectivity index (χ0) is 22.9. The lowest BCUT2D eigenvalue weighted by atomic mass is 9.94. The third kappa shape index (κ3) is 3.84. The first-order valence-corrected chi connectivity index (χ1v) is 11.1. The van der Waals surface area contributed by atoms with E-state index < -0.39 is 0 Å². The quantitative estimate of drug-likeness (QED) is 0.421. The molecule has 0 saturated heterocycles. The number of hydrogen-bond acceptors (Lipinski definition) is 4. The number of carbonyl (C=O) groups is 1. The highest BCUT2D eigenvalue weighted by molar-refractivity contribution is 6.06. The summed E-state index contributed by atoms with van der Waals surface area (Å²) in [6.45, 7) is 6.52. The predicted molar refractivity (Wildman–Crippen MR) is 132 cm³/mol. The Morgan fingerprint density at radius 3 is 2.48 bits per heavy atom. The van der Waals surface area contributed by atoms with E-state index in [9.17, 15) is 4.79 Å². The van der Waals surface area contributed by atoms with Crippen LogP contribution in [0.25, 0.3) is 11.0 Å². The molecule has 166 valence electrons. The number of carbonyl (C=O) groups excluding carboxylic acids is 1. The van der Waals surface area contributed by atoms with Crippen molar-refractivity contribution < 1.29 is 9.53 Å². The van der Waals surface area contributed by atoms with Crippen molar-refractivity contribution in [1.82, 2.24) is 9.55 Å². The topological polar surface area (TPSA) is 68.2 Å². The molecule has 33 heavy (non-hydrogen) atoms. The van der Waals surface area contributed by atoms with E-state index >= 15 is 0 Å². The second-order valence-electron chi connectivity index (χ2n) is 8.18. The van der Waals surface area contributed by atoms with E-state index in [4.69, 9.17) is 9.72 Å². The van der Waals surface area contributed by atoms with E-state index in [0.29, 0.717) is 12.2 Å². The normalized spacial score (nSPS) is 15.2. The minimum Gasteiger partial charge on any atom is -0.494 e. The van der Waals surface area contributed by atoms with Gasteiger partial charge in [-0.2, -0.15) is 0 Å². The summed E-state index contributed by atoms with van der Waals surface area (Å²) in [5, 5.41) is 6.43. The van der Waals surface area contributed by atoms with Gasteiger partial charge in [0, 0.05) is 11.4 Å². The third-order valence-corrected chi connectivity index (χ3v) is 5.89. The number of benzene rings is 3. The van der Waals surface area contributed by atoms with Gasteiger partial charge in [-0.15, -0.1) is 0 Å². The lowest BCUT2D eigenvalue weighted by molar-refractivity contribution is -0.113. The summed E-state index contributed by atoms with van der Waals surface area (Å²) < 4.78 is 7.73. The summed E-state index contributed by atoms with van der Waals surface area (Å²) in [7, 11) is 0. The molecule has 6 nitrogen and oxygen atoms in total. The van der Waals surface area contributed by atoms with E-state index in [1.807, 2.05) is 93.6 Å². The SMILES string of the molecule is CCOc1ccc([C@H]2C(C(=O)Nc3ccc(C)cc3)=C(C)Nc3nc4ccccc4n32)cc1. The Hall–Kier alpha value is -4.06. The molecule has 0 saturated carbocycles. The Morgan fingerprint density at radius 1 is 1.03 bits per heavy atom. The molecule has 2 heterocycles. The van der Waals surface area contributed by atoms with Crippen LogP contribution in [0.4, 0.5) is 11.6 Å². The molecular formula is C27H26N4O2. The Labute approximate surface area is 192 Å². The fraction of sp³-hybridized carbons (Fsp3) is 0.185. The number of ether oxygens (including phenoxy) is 1. The average Bonchev–Trinajstić information content (AvgIpc) is 3.18. The highest BCUT2D eigenvalue weighted by Crippen LogP contribution is 2.39. The van der Waals surface area contributed by atoms with Gasteiger partial charge in [-0.3, -0.25) is 9.36 Å². The summed E-state index contributed by atoms with van der Waals surface area (Å²) in [5.74, 6) is 1.38. The lowest BCUT2D eigenvalue weighted by Crippen LogP contribution is -2.30. The van der Waals surface area contributed by atoms with E-state index in [2.05, 4.69) is 15.2 Å². The first-order valence-electron chi connectivity index (χ1n) is 11.1. The Bertz CT molecular complexity index is 1350. The molecule has 5 rings (SSSR count). The van der Waals surface area contributed by atoms with Crippen molar-refractivity contribution >= 4 is 28.6 Å². The van der Waals surface area contributed by atoms with Crippen LogP contribution in [0.15, 0.2) is 84.1 Å². The molecular weight excluding hydrogens is 412 g/mol. The number of nitrogens with one attached hydrogen (secondary N) is 2. The van der Waals surface area contributed by atoms with Gasteiger partial charge < -0.3 is 15.4 Å². The molecule has 1 atom stereocenters. The Morgan fingerprint density at radius 2 is 1.76 bits per heavy atom. The third-order valence-electron chi connectivity index (χ3n) is 5.89. The number of amides is 1. The van der Waals surface area contributed by atoms with Crippen LogP contribution in [0.5, 0.6) is 5.75 Å². The van der Waals surface area contributed by atoms with Gasteiger partial charge >= 0.3 is 0 Å². The molecule has 0 bridgehead atoms. The number of aromatic nitrogens is 2. The van der Waals surface area contributed by atoms with Crippen molar-refractivity contribution in [3.05, 3.63) is 95.2 Å². The van der Waals surface area contributed by atoms with E-state index in [0.717, 1.165) is 45.2 Å². The van der Waals surface area contributed by atoms with Crippen molar-refractivity contribution in [3.63, 3.8) is 0 Å². The van der Waals surface area contributed by atoms with Gasteiger partial charge in [0.25, 0.3) is 5.91 Å². The van der Waals surface area contributed by atoms with E-state index in [-0.39, 0.29) is 11.9 Å². The number of anilines is 2. The maximum Gasteiger partial charge on any atom is 0.255 e. The van der Waals surface area contributed by atoms with Crippen molar-refractivity contribution in [1.29, 1.82) is 0 Å². The van der Waals surface area contributed by atoms with Crippen LogP contribution in [0.2, 0.25) is 0 Å². The fourth-order valence-corrected chi connectivity index (χ4v) is 4.32. The van der Waals surface area contributed by atoms with Crippen LogP contribution in [0.3, 0.4) is 0 Å². The van der Waals surface area contributed by atoms with Crippen LogP contribution < -0.4 is 15.4 Å². The first-order chi connectivity index (χ1) is 16.0. The smallest absolute Gasteiger partial charge is 0.255 e. The highest BCUT2D eigenvalue weighted by Gasteiger charge is 2.34. The van der Waals surface area contributed by atoms with Gasteiger partial charge in [0.1, 0.15) is 5.75 Å². The molecule has 1 aromatic heterocycles. The molecule has 6 heteroatoms. The van der Waals surface area contributed by atoms with Crippen LogP contribution in [0.1, 0.15) is 31.0 Å². The summed E-state index contributed by atoms with van der Waals surface area (Å²) in [6.07, 6.45) is 0. The van der Waals surface area contributed by atoms with Gasteiger partial charge in [0.05, 0.1) is 29.3 Å². The number of para-hydroxylation sites is 2. The molecule has 0 aliphatic carbocycles. The molecule has 0 fully saturated rings. The molecule has 1 amide bonds. The molecule has 0 spiro atoms. The maximum atomic E-state index is 13.6.